The van der Waals surface area contributed by atoms with Gasteiger partial charge in [-0.3, -0.25) is 4.79 Å². The molecular weight excluding hydrogens is 397 g/mol. The van der Waals surface area contributed by atoms with Crippen LogP contribution in [0.4, 0.5) is 0 Å². The van der Waals surface area contributed by atoms with Crippen molar-refractivity contribution in [2.24, 2.45) is 5.73 Å². The van der Waals surface area contributed by atoms with Gasteiger partial charge in [-0.2, -0.15) is 5.10 Å². The van der Waals surface area contributed by atoms with Gasteiger partial charge in [-0.1, -0.05) is 0 Å². The monoisotopic (exact) mass is 427 g/mol. The van der Waals surface area contributed by atoms with Crippen molar-refractivity contribution in [1.29, 1.82) is 0 Å². The summed E-state index contributed by atoms with van der Waals surface area (Å²) >= 11 is 0. The second-order valence-electron chi connectivity index (χ2n) is 8.87. The number of aryl methyl sites for hydroxylation is 1. The summed E-state index contributed by atoms with van der Waals surface area (Å²) in [6.45, 7) is 9.81. The van der Waals surface area contributed by atoms with E-state index in [4.69, 9.17) is 15.8 Å². The molecule has 28 heavy (non-hydrogen) atoms. The zero-order valence-corrected chi connectivity index (χ0v) is 18.7. The van der Waals surface area contributed by atoms with Gasteiger partial charge in [0.25, 0.3) is 5.91 Å². The first kappa shape index (κ1) is 22.9. The Morgan fingerprint density at radius 3 is 2.29 bits per heavy atom. The molecule has 2 fully saturated rings. The summed E-state index contributed by atoms with van der Waals surface area (Å²) in [6, 6.07) is 2.24. The molecule has 0 atom stereocenters. The quantitative estimate of drug-likeness (QED) is 0.790. The van der Waals surface area contributed by atoms with Gasteiger partial charge in [0.2, 0.25) is 0 Å². The summed E-state index contributed by atoms with van der Waals surface area (Å²) in [5.41, 5.74) is 9.36. The molecule has 0 spiro atoms. The molecular formula is C20H31Cl2N5O. The van der Waals surface area contributed by atoms with Crippen LogP contribution >= 0.6 is 24.8 Å². The fourth-order valence-corrected chi connectivity index (χ4v) is 3.81. The number of hydrogen-bond acceptors (Lipinski definition) is 4. The number of aromatic nitrogens is 3. The third-order valence-electron chi connectivity index (χ3n) is 5.52. The molecule has 6 nitrogen and oxygen atoms in total. The molecule has 3 heterocycles. The average Bonchev–Trinajstić information content (AvgIpc) is 3.37. The highest BCUT2D eigenvalue weighted by atomic mass is 35.5. The number of carbonyl (C=O) groups excluding carboxylic acids is 1. The number of carbonyl (C=O) groups is 1. The maximum Gasteiger partial charge on any atom is 0.254 e. The molecule has 1 aliphatic carbocycles. The van der Waals surface area contributed by atoms with E-state index in [0.29, 0.717) is 5.92 Å². The number of hydrogen-bond donors (Lipinski definition) is 1. The lowest BCUT2D eigenvalue weighted by Gasteiger charge is -2.30. The van der Waals surface area contributed by atoms with Gasteiger partial charge >= 0.3 is 0 Å². The molecule has 2 aromatic heterocycles. The Morgan fingerprint density at radius 2 is 1.75 bits per heavy atom. The normalized spacial score (nSPS) is 18.0. The van der Waals surface area contributed by atoms with E-state index in [1.165, 1.54) is 0 Å². The second-order valence-corrected chi connectivity index (χ2v) is 8.87. The zero-order chi connectivity index (χ0) is 18.6. The third-order valence-corrected chi connectivity index (χ3v) is 5.52. The topological polar surface area (TPSA) is 77.0 Å². The van der Waals surface area contributed by atoms with Crippen LogP contribution in [0.3, 0.4) is 0 Å². The van der Waals surface area contributed by atoms with Gasteiger partial charge in [-0.15, -0.1) is 24.8 Å². The highest BCUT2D eigenvalue weighted by molar-refractivity contribution is 6.06. The van der Waals surface area contributed by atoms with E-state index < -0.39 is 0 Å². The van der Waals surface area contributed by atoms with Gasteiger partial charge in [0.05, 0.1) is 22.2 Å². The summed E-state index contributed by atoms with van der Waals surface area (Å²) in [4.78, 5) is 20.2. The number of amides is 1. The molecule has 1 saturated carbocycles. The Morgan fingerprint density at radius 1 is 1.14 bits per heavy atom. The second kappa shape index (κ2) is 8.17. The lowest BCUT2D eigenvalue weighted by molar-refractivity contribution is 0.0716. The summed E-state index contributed by atoms with van der Waals surface area (Å²) in [7, 11) is 0. The molecule has 1 amide bonds. The van der Waals surface area contributed by atoms with Crippen molar-refractivity contribution in [1.82, 2.24) is 19.7 Å². The number of pyridine rings is 1. The number of halogens is 2. The van der Waals surface area contributed by atoms with Crippen LogP contribution in [-0.2, 0) is 5.54 Å². The Hall–Kier alpha value is -1.37. The molecule has 1 saturated heterocycles. The van der Waals surface area contributed by atoms with E-state index in [2.05, 4.69) is 20.8 Å². The van der Waals surface area contributed by atoms with Crippen LogP contribution in [-0.4, -0.2) is 44.7 Å². The lowest BCUT2D eigenvalue weighted by atomic mass is 10.0. The van der Waals surface area contributed by atoms with Crippen molar-refractivity contribution in [2.75, 3.05) is 13.1 Å². The van der Waals surface area contributed by atoms with E-state index in [9.17, 15) is 4.79 Å². The van der Waals surface area contributed by atoms with Gasteiger partial charge in [0.1, 0.15) is 0 Å². The number of piperidine rings is 1. The standard InChI is InChI=1S/C20H29N5O.2ClH/c1-12-17-15(19(26)24-9-7-14(21)8-10-24)11-16(13-5-6-13)22-18(17)25(23-12)20(2,3)4;;/h11,13-14H,5-10,21H2,1-4H3;2*1H. The van der Waals surface area contributed by atoms with Gasteiger partial charge in [-0.25, -0.2) is 9.67 Å². The van der Waals surface area contributed by atoms with Crippen molar-refractivity contribution in [3.05, 3.63) is 23.0 Å². The van der Waals surface area contributed by atoms with Crippen molar-refractivity contribution < 1.29 is 4.79 Å². The van der Waals surface area contributed by atoms with E-state index in [1.807, 2.05) is 22.6 Å². The SMILES string of the molecule is Cc1nn(C(C)(C)C)c2nc(C3CC3)cc(C(=O)N3CCC(N)CC3)c12.Cl.Cl. The van der Waals surface area contributed by atoms with Crippen LogP contribution in [0.5, 0.6) is 0 Å². The molecule has 4 rings (SSSR count). The maximum atomic E-state index is 13.3. The van der Waals surface area contributed by atoms with Crippen molar-refractivity contribution in [3.63, 3.8) is 0 Å². The van der Waals surface area contributed by atoms with Gasteiger partial charge < -0.3 is 10.6 Å². The first-order valence-electron chi connectivity index (χ1n) is 9.71. The fraction of sp³-hybridized carbons (Fsp3) is 0.650. The Kier molecular flexibility index (Phi) is 6.68. The van der Waals surface area contributed by atoms with Crippen LogP contribution in [0.1, 0.15) is 74.1 Å². The zero-order valence-electron chi connectivity index (χ0n) is 17.1. The van der Waals surface area contributed by atoms with Crippen molar-refractivity contribution >= 4 is 41.8 Å². The van der Waals surface area contributed by atoms with Crippen LogP contribution in [0.15, 0.2) is 6.07 Å². The van der Waals surface area contributed by atoms with Crippen LogP contribution in [0.25, 0.3) is 11.0 Å². The largest absolute Gasteiger partial charge is 0.339 e. The highest BCUT2D eigenvalue weighted by Crippen LogP contribution is 2.41. The smallest absolute Gasteiger partial charge is 0.254 e. The third kappa shape index (κ3) is 4.14. The predicted octanol–water partition coefficient (Wildman–Crippen LogP) is 3.78. The number of rotatable bonds is 2. The predicted molar refractivity (Wildman–Crippen MR) is 117 cm³/mol. The first-order chi connectivity index (χ1) is 12.3. The Labute approximate surface area is 179 Å². The minimum absolute atomic E-state index is 0. The molecule has 0 bridgehead atoms. The van der Waals surface area contributed by atoms with Crippen LogP contribution in [0.2, 0.25) is 0 Å². The molecule has 2 aliphatic rings. The van der Waals surface area contributed by atoms with Crippen molar-refractivity contribution in [3.8, 4) is 0 Å². The molecule has 2 N–H and O–H groups in total. The molecule has 1 aliphatic heterocycles. The van der Waals surface area contributed by atoms with Crippen molar-refractivity contribution in [2.45, 2.75) is 70.9 Å². The summed E-state index contributed by atoms with van der Waals surface area (Å²) in [6.07, 6.45) is 4.06. The van der Waals surface area contributed by atoms with Gasteiger partial charge in [-0.05, 0) is 59.4 Å². The van der Waals surface area contributed by atoms with Gasteiger partial charge in [0.15, 0.2) is 5.65 Å². The summed E-state index contributed by atoms with van der Waals surface area (Å²) in [5, 5.41) is 5.65. The maximum absolute atomic E-state index is 13.3. The van der Waals surface area contributed by atoms with Crippen LogP contribution < -0.4 is 5.73 Å². The Balaban J connectivity index is 0.00000140. The van der Waals surface area contributed by atoms with Crippen LogP contribution in [0, 0.1) is 6.92 Å². The molecule has 8 heteroatoms. The summed E-state index contributed by atoms with van der Waals surface area (Å²) < 4.78 is 1.98. The fourth-order valence-electron chi connectivity index (χ4n) is 3.81. The number of nitrogens with zero attached hydrogens (tertiary/aromatic N) is 4. The molecule has 0 radical (unpaired) electrons. The highest BCUT2D eigenvalue weighted by Gasteiger charge is 2.32. The average molecular weight is 428 g/mol. The van der Waals surface area contributed by atoms with E-state index in [0.717, 1.165) is 66.8 Å². The molecule has 2 aromatic rings. The lowest BCUT2D eigenvalue weighted by Crippen LogP contribution is -2.43. The minimum Gasteiger partial charge on any atom is -0.339 e. The van der Waals surface area contributed by atoms with Gasteiger partial charge in [0, 0.05) is 30.7 Å². The summed E-state index contributed by atoms with van der Waals surface area (Å²) in [5.74, 6) is 0.590. The van der Waals surface area contributed by atoms with E-state index in [-0.39, 0.29) is 42.3 Å². The number of likely N-dealkylation sites (tertiary alicyclic amines) is 1. The number of nitrogens with two attached hydrogens (primary N) is 1. The number of fused-ring (bicyclic) bond motifs is 1. The molecule has 156 valence electrons. The van der Waals surface area contributed by atoms with E-state index >= 15 is 0 Å². The van der Waals surface area contributed by atoms with E-state index in [1.54, 1.807) is 0 Å². The minimum atomic E-state index is -0.181. The first-order valence-corrected chi connectivity index (χ1v) is 9.71. The Bertz CT molecular complexity index is 862. The molecule has 0 unspecified atom stereocenters. The molecule has 0 aromatic carbocycles.